The molecule has 0 radical (unpaired) electrons. The molecule has 5 nitrogen and oxygen atoms in total. The number of nitrogens with one attached hydrogen (secondary N) is 2. The van der Waals surface area contributed by atoms with Crippen molar-refractivity contribution in [3.05, 3.63) is 24.0 Å². The van der Waals surface area contributed by atoms with E-state index >= 15 is 0 Å². The molecule has 0 aliphatic carbocycles. The summed E-state index contributed by atoms with van der Waals surface area (Å²) < 4.78 is 0. The van der Waals surface area contributed by atoms with Gasteiger partial charge in [-0.15, -0.1) is 5.10 Å². The molecule has 0 aromatic carbocycles. The summed E-state index contributed by atoms with van der Waals surface area (Å²) >= 11 is 4.86. The maximum absolute atomic E-state index is 4.86. The van der Waals surface area contributed by atoms with E-state index in [0.717, 1.165) is 11.4 Å². The summed E-state index contributed by atoms with van der Waals surface area (Å²) in [5, 5.41) is 14.9. The van der Waals surface area contributed by atoms with E-state index in [1.54, 1.807) is 19.3 Å². The van der Waals surface area contributed by atoms with Gasteiger partial charge in [-0.1, -0.05) is 0 Å². The van der Waals surface area contributed by atoms with E-state index in [9.17, 15) is 0 Å². The highest BCUT2D eigenvalue weighted by Crippen LogP contribution is 1.92. The molecule has 74 valence electrons. The average Bonchev–Trinajstić information content (AvgIpc) is 2.26. The molecule has 1 aromatic rings. The maximum atomic E-state index is 4.86. The minimum absolute atomic E-state index is 0.466. The molecule has 1 aromatic heterocycles. The van der Waals surface area contributed by atoms with Gasteiger partial charge in [0.1, 0.15) is 5.69 Å². The Morgan fingerprint density at radius 3 is 2.93 bits per heavy atom. The van der Waals surface area contributed by atoms with Crippen molar-refractivity contribution in [3.8, 4) is 0 Å². The van der Waals surface area contributed by atoms with Crippen LogP contribution in [0.3, 0.4) is 0 Å². The second kappa shape index (κ2) is 5.23. The summed E-state index contributed by atoms with van der Waals surface area (Å²) in [5.41, 5.74) is 4.12. The lowest BCUT2D eigenvalue weighted by Crippen LogP contribution is -2.29. The molecule has 0 unspecified atom stereocenters. The van der Waals surface area contributed by atoms with E-state index in [-0.39, 0.29) is 0 Å². The lowest BCUT2D eigenvalue weighted by atomic mass is 10.3. The molecule has 6 heteroatoms. The smallest absolute Gasteiger partial charge is 0.186 e. The molecule has 0 saturated carbocycles. The van der Waals surface area contributed by atoms with Crippen LogP contribution in [0.15, 0.2) is 23.4 Å². The monoisotopic (exact) mass is 209 g/mol. The van der Waals surface area contributed by atoms with Gasteiger partial charge in [0.25, 0.3) is 0 Å². The van der Waals surface area contributed by atoms with Crippen molar-refractivity contribution >= 4 is 23.0 Å². The van der Waals surface area contributed by atoms with Gasteiger partial charge in [-0.3, -0.25) is 5.43 Å². The van der Waals surface area contributed by atoms with Gasteiger partial charge < -0.3 is 5.32 Å². The summed E-state index contributed by atoms with van der Waals surface area (Å²) in [5.74, 6) is 0. The van der Waals surface area contributed by atoms with Crippen LogP contribution in [0.5, 0.6) is 0 Å². The Morgan fingerprint density at radius 2 is 2.36 bits per heavy atom. The number of rotatable bonds is 2. The highest BCUT2D eigenvalue weighted by molar-refractivity contribution is 7.80. The van der Waals surface area contributed by atoms with E-state index < -0.39 is 0 Å². The predicted molar refractivity (Wildman–Crippen MR) is 59.0 cm³/mol. The lowest BCUT2D eigenvalue weighted by Gasteiger charge is -2.02. The molecule has 0 bridgehead atoms. The zero-order chi connectivity index (χ0) is 10.4. The van der Waals surface area contributed by atoms with Crippen molar-refractivity contribution < 1.29 is 0 Å². The van der Waals surface area contributed by atoms with Crippen LogP contribution in [0.25, 0.3) is 0 Å². The van der Waals surface area contributed by atoms with E-state index in [4.69, 9.17) is 12.2 Å². The third kappa shape index (κ3) is 3.06. The molecule has 2 N–H and O–H groups in total. The van der Waals surface area contributed by atoms with Crippen molar-refractivity contribution in [1.29, 1.82) is 0 Å². The summed E-state index contributed by atoms with van der Waals surface area (Å²) in [4.78, 5) is 0. The van der Waals surface area contributed by atoms with Crippen LogP contribution in [-0.4, -0.2) is 28.1 Å². The molecular formula is C8H11N5S. The van der Waals surface area contributed by atoms with Gasteiger partial charge in [0.2, 0.25) is 0 Å². The highest BCUT2D eigenvalue weighted by atomic mass is 32.1. The van der Waals surface area contributed by atoms with Crippen LogP contribution in [0.2, 0.25) is 0 Å². The van der Waals surface area contributed by atoms with E-state index in [1.807, 2.05) is 13.0 Å². The fourth-order valence-corrected chi connectivity index (χ4v) is 0.788. The fraction of sp³-hybridized carbons (Fsp3) is 0.250. The second-order valence-corrected chi connectivity index (χ2v) is 2.91. The first kappa shape index (κ1) is 10.5. The Balaban J connectivity index is 2.66. The normalized spacial score (nSPS) is 10.9. The van der Waals surface area contributed by atoms with E-state index in [0.29, 0.717) is 5.11 Å². The van der Waals surface area contributed by atoms with Crippen molar-refractivity contribution in [2.24, 2.45) is 5.10 Å². The third-order valence-electron chi connectivity index (χ3n) is 1.50. The third-order valence-corrected chi connectivity index (χ3v) is 1.79. The molecule has 1 rings (SSSR count). The number of nitrogens with zero attached hydrogens (tertiary/aromatic N) is 3. The Kier molecular flexibility index (Phi) is 3.93. The van der Waals surface area contributed by atoms with Gasteiger partial charge in [-0.25, -0.2) is 0 Å². The first-order valence-corrected chi connectivity index (χ1v) is 4.45. The first-order chi connectivity index (χ1) is 6.74. The van der Waals surface area contributed by atoms with Crippen LogP contribution in [0, 0.1) is 0 Å². The topological polar surface area (TPSA) is 62.2 Å². The molecule has 0 spiro atoms. The van der Waals surface area contributed by atoms with Crippen molar-refractivity contribution in [2.75, 3.05) is 7.05 Å². The summed E-state index contributed by atoms with van der Waals surface area (Å²) in [6, 6.07) is 3.63. The molecule has 0 saturated heterocycles. The minimum atomic E-state index is 0.466. The molecule has 0 atom stereocenters. The van der Waals surface area contributed by atoms with Crippen LogP contribution in [-0.2, 0) is 0 Å². The van der Waals surface area contributed by atoms with E-state index in [1.165, 1.54) is 0 Å². The lowest BCUT2D eigenvalue weighted by molar-refractivity contribution is 0.960. The van der Waals surface area contributed by atoms with E-state index in [2.05, 4.69) is 26.0 Å². The molecule has 1 heterocycles. The summed E-state index contributed by atoms with van der Waals surface area (Å²) in [6.07, 6.45) is 1.61. The average molecular weight is 209 g/mol. The summed E-state index contributed by atoms with van der Waals surface area (Å²) in [6.45, 7) is 1.83. The van der Waals surface area contributed by atoms with Crippen molar-refractivity contribution in [2.45, 2.75) is 6.92 Å². The summed E-state index contributed by atoms with van der Waals surface area (Å²) in [7, 11) is 1.72. The standard InChI is InChI=1S/C8H11N5S/c1-6(11-13-8(14)9-2)7-4-3-5-10-12-7/h3-5H,1-2H3,(H2,9,13,14)/b11-6+. The minimum Gasteiger partial charge on any atom is -0.364 e. The van der Waals surface area contributed by atoms with Crippen LogP contribution in [0.1, 0.15) is 12.6 Å². The Hall–Kier alpha value is -1.56. The molecule has 0 amide bonds. The van der Waals surface area contributed by atoms with Gasteiger partial charge in [0, 0.05) is 13.2 Å². The molecule has 0 fully saturated rings. The highest BCUT2D eigenvalue weighted by Gasteiger charge is 1.97. The van der Waals surface area contributed by atoms with Gasteiger partial charge in [0.15, 0.2) is 5.11 Å². The van der Waals surface area contributed by atoms with Gasteiger partial charge in [0.05, 0.1) is 5.71 Å². The van der Waals surface area contributed by atoms with Crippen LogP contribution >= 0.6 is 12.2 Å². The van der Waals surface area contributed by atoms with Gasteiger partial charge in [-0.2, -0.15) is 10.2 Å². The molecule has 14 heavy (non-hydrogen) atoms. The van der Waals surface area contributed by atoms with Gasteiger partial charge >= 0.3 is 0 Å². The first-order valence-electron chi connectivity index (χ1n) is 4.04. The number of aromatic nitrogens is 2. The number of hydrogen-bond donors (Lipinski definition) is 2. The van der Waals surface area contributed by atoms with Crippen molar-refractivity contribution in [3.63, 3.8) is 0 Å². The zero-order valence-corrected chi connectivity index (χ0v) is 8.80. The SMILES string of the molecule is CNC(=S)N/N=C(\C)c1cccnn1. The predicted octanol–water partition coefficient (Wildman–Crippen LogP) is 0.294. The molecular weight excluding hydrogens is 198 g/mol. The van der Waals surface area contributed by atoms with Crippen molar-refractivity contribution in [1.82, 2.24) is 20.9 Å². The Labute approximate surface area is 87.6 Å². The zero-order valence-electron chi connectivity index (χ0n) is 7.98. The molecule has 0 aliphatic heterocycles. The molecule has 0 aliphatic rings. The maximum Gasteiger partial charge on any atom is 0.186 e. The largest absolute Gasteiger partial charge is 0.364 e. The Bertz CT molecular complexity index is 335. The Morgan fingerprint density at radius 1 is 1.57 bits per heavy atom. The van der Waals surface area contributed by atoms with Gasteiger partial charge in [-0.05, 0) is 31.3 Å². The fourth-order valence-electron chi connectivity index (χ4n) is 0.742. The second-order valence-electron chi connectivity index (χ2n) is 2.50. The van der Waals surface area contributed by atoms with Crippen LogP contribution < -0.4 is 10.7 Å². The number of hydrogen-bond acceptors (Lipinski definition) is 4. The number of hydrazone groups is 1. The van der Waals surface area contributed by atoms with Crippen LogP contribution in [0.4, 0.5) is 0 Å². The number of thiocarbonyl (C=S) groups is 1. The quantitative estimate of drug-likeness (QED) is 0.416.